The number of pyridine rings is 1. The fourth-order valence-corrected chi connectivity index (χ4v) is 2.11. The maximum absolute atomic E-state index is 9.67. The number of aliphatic hydroxyl groups is 1. The molecule has 0 aliphatic carbocycles. The van der Waals surface area contributed by atoms with Gasteiger partial charge in [-0.2, -0.15) is 0 Å². The Balaban J connectivity index is 2.39. The van der Waals surface area contributed by atoms with Crippen molar-refractivity contribution in [3.05, 3.63) is 53.7 Å². The van der Waals surface area contributed by atoms with Gasteiger partial charge in [-0.15, -0.1) is 0 Å². The predicted octanol–water partition coefficient (Wildman–Crippen LogP) is 3.60. The number of rotatable bonds is 4. The Hall–Kier alpha value is -1.87. The van der Waals surface area contributed by atoms with Crippen LogP contribution in [-0.4, -0.2) is 16.6 Å². The topological polar surface area (TPSA) is 36.4 Å². The summed E-state index contributed by atoms with van der Waals surface area (Å²) >= 11 is 0. The number of aryl methyl sites for hydroxylation is 1. The fraction of sp³-hybridized carbons (Fsp3) is 0.312. The maximum Gasteiger partial charge on any atom is 0.133 e. The van der Waals surface area contributed by atoms with Crippen LogP contribution in [0.1, 0.15) is 31.1 Å². The van der Waals surface area contributed by atoms with Gasteiger partial charge in [0.15, 0.2) is 0 Å². The molecule has 0 amide bonds. The summed E-state index contributed by atoms with van der Waals surface area (Å²) in [5, 5.41) is 9.67. The highest BCUT2D eigenvalue weighted by Gasteiger charge is 2.10. The average Bonchev–Trinajstić information content (AvgIpc) is 2.40. The van der Waals surface area contributed by atoms with Gasteiger partial charge in [-0.3, -0.25) is 0 Å². The fourth-order valence-electron chi connectivity index (χ4n) is 2.11. The third-order valence-electron chi connectivity index (χ3n) is 3.16. The lowest BCUT2D eigenvalue weighted by Crippen LogP contribution is -2.17. The Bertz CT molecular complexity index is 552. The lowest BCUT2D eigenvalue weighted by atomic mass is 10.1. The van der Waals surface area contributed by atoms with Crippen molar-refractivity contribution in [2.24, 2.45) is 0 Å². The van der Waals surface area contributed by atoms with Crippen molar-refractivity contribution in [2.45, 2.75) is 26.9 Å². The van der Waals surface area contributed by atoms with E-state index in [-0.39, 0.29) is 0 Å². The largest absolute Gasteiger partial charge is 0.389 e. The van der Waals surface area contributed by atoms with E-state index in [1.54, 1.807) is 13.1 Å². The minimum atomic E-state index is -0.474. The highest BCUT2D eigenvalue weighted by Crippen LogP contribution is 2.26. The molecule has 2 aromatic rings. The van der Waals surface area contributed by atoms with E-state index in [2.05, 4.69) is 41.9 Å². The SMILES string of the molecule is CCN(c1cccc(C)c1)c1cc([C@H](C)O)ccn1. The first-order chi connectivity index (χ1) is 9.11. The number of benzene rings is 1. The van der Waals surface area contributed by atoms with Crippen molar-refractivity contribution in [2.75, 3.05) is 11.4 Å². The van der Waals surface area contributed by atoms with Crippen LogP contribution in [0.4, 0.5) is 11.5 Å². The van der Waals surface area contributed by atoms with Crippen LogP contribution < -0.4 is 4.90 Å². The normalized spacial score (nSPS) is 12.2. The average molecular weight is 256 g/mol. The standard InChI is InChI=1S/C16H20N2O/c1-4-18(15-7-5-6-12(2)10-15)16-11-14(13(3)19)8-9-17-16/h5-11,13,19H,4H2,1-3H3/t13-/m0/s1. The van der Waals surface area contributed by atoms with E-state index in [1.807, 2.05) is 18.2 Å². The summed E-state index contributed by atoms with van der Waals surface area (Å²) in [5.41, 5.74) is 3.23. The second kappa shape index (κ2) is 5.85. The molecule has 0 bridgehead atoms. The maximum atomic E-state index is 9.67. The summed E-state index contributed by atoms with van der Waals surface area (Å²) in [7, 11) is 0. The van der Waals surface area contributed by atoms with E-state index in [0.717, 1.165) is 23.6 Å². The highest BCUT2D eigenvalue weighted by molar-refractivity contribution is 5.61. The lowest BCUT2D eigenvalue weighted by Gasteiger charge is -2.23. The van der Waals surface area contributed by atoms with E-state index in [9.17, 15) is 5.11 Å². The summed E-state index contributed by atoms with van der Waals surface area (Å²) < 4.78 is 0. The summed E-state index contributed by atoms with van der Waals surface area (Å²) in [6.07, 6.45) is 1.27. The molecule has 2 rings (SSSR count). The second-order valence-corrected chi connectivity index (χ2v) is 4.71. The first-order valence-corrected chi connectivity index (χ1v) is 6.60. The van der Waals surface area contributed by atoms with Crippen molar-refractivity contribution in [1.29, 1.82) is 0 Å². The van der Waals surface area contributed by atoms with Crippen molar-refractivity contribution in [3.8, 4) is 0 Å². The van der Waals surface area contributed by atoms with Crippen LogP contribution in [0.2, 0.25) is 0 Å². The van der Waals surface area contributed by atoms with Gasteiger partial charge in [0.05, 0.1) is 6.10 Å². The van der Waals surface area contributed by atoms with E-state index in [0.29, 0.717) is 0 Å². The van der Waals surface area contributed by atoms with E-state index in [4.69, 9.17) is 0 Å². The molecule has 1 aromatic carbocycles. The minimum absolute atomic E-state index is 0.474. The zero-order valence-corrected chi connectivity index (χ0v) is 11.7. The monoisotopic (exact) mass is 256 g/mol. The zero-order valence-electron chi connectivity index (χ0n) is 11.7. The third kappa shape index (κ3) is 3.12. The number of aliphatic hydroxyl groups excluding tert-OH is 1. The molecule has 0 fully saturated rings. The van der Waals surface area contributed by atoms with Crippen LogP contribution in [-0.2, 0) is 0 Å². The molecule has 19 heavy (non-hydrogen) atoms. The van der Waals surface area contributed by atoms with Crippen molar-refractivity contribution < 1.29 is 5.11 Å². The molecule has 0 radical (unpaired) electrons. The molecular weight excluding hydrogens is 236 g/mol. The van der Waals surface area contributed by atoms with Gasteiger partial charge >= 0.3 is 0 Å². The van der Waals surface area contributed by atoms with E-state index < -0.39 is 6.10 Å². The second-order valence-electron chi connectivity index (χ2n) is 4.71. The van der Waals surface area contributed by atoms with Gasteiger partial charge < -0.3 is 10.0 Å². The van der Waals surface area contributed by atoms with E-state index >= 15 is 0 Å². The highest BCUT2D eigenvalue weighted by atomic mass is 16.3. The molecule has 0 aliphatic heterocycles. The smallest absolute Gasteiger partial charge is 0.133 e. The van der Waals surface area contributed by atoms with Gasteiger partial charge in [-0.25, -0.2) is 4.98 Å². The first-order valence-electron chi connectivity index (χ1n) is 6.60. The molecule has 0 spiro atoms. The molecule has 1 heterocycles. The third-order valence-corrected chi connectivity index (χ3v) is 3.16. The Morgan fingerprint density at radius 2 is 2.05 bits per heavy atom. The Morgan fingerprint density at radius 3 is 2.68 bits per heavy atom. The summed E-state index contributed by atoms with van der Waals surface area (Å²) in [5.74, 6) is 0.867. The van der Waals surface area contributed by atoms with Gasteiger partial charge in [0.1, 0.15) is 5.82 Å². The minimum Gasteiger partial charge on any atom is -0.389 e. The van der Waals surface area contributed by atoms with Gasteiger partial charge in [-0.05, 0) is 56.2 Å². The molecule has 0 unspecified atom stereocenters. The molecule has 1 aromatic heterocycles. The van der Waals surface area contributed by atoms with Gasteiger partial charge in [0.2, 0.25) is 0 Å². The van der Waals surface area contributed by atoms with Crippen LogP contribution in [0.15, 0.2) is 42.6 Å². The number of nitrogens with zero attached hydrogens (tertiary/aromatic N) is 2. The Labute approximate surface area is 114 Å². The Kier molecular flexibility index (Phi) is 4.17. The molecule has 100 valence electrons. The molecule has 3 nitrogen and oxygen atoms in total. The first kappa shape index (κ1) is 13.6. The predicted molar refractivity (Wildman–Crippen MR) is 78.7 cm³/mol. The van der Waals surface area contributed by atoms with Gasteiger partial charge in [0.25, 0.3) is 0 Å². The number of anilines is 2. The summed E-state index contributed by atoms with van der Waals surface area (Å²) in [4.78, 5) is 6.55. The van der Waals surface area contributed by atoms with Crippen LogP contribution in [0, 0.1) is 6.92 Å². The molecular formula is C16H20N2O. The molecule has 0 saturated carbocycles. The number of hydrogen-bond acceptors (Lipinski definition) is 3. The van der Waals surface area contributed by atoms with Crippen LogP contribution in [0.5, 0.6) is 0 Å². The molecule has 1 atom stereocenters. The van der Waals surface area contributed by atoms with Crippen LogP contribution >= 0.6 is 0 Å². The van der Waals surface area contributed by atoms with Gasteiger partial charge in [-0.1, -0.05) is 12.1 Å². The van der Waals surface area contributed by atoms with Crippen LogP contribution in [0.25, 0.3) is 0 Å². The molecule has 0 aliphatic rings. The van der Waals surface area contributed by atoms with Crippen molar-refractivity contribution in [3.63, 3.8) is 0 Å². The quantitative estimate of drug-likeness (QED) is 0.908. The lowest BCUT2D eigenvalue weighted by molar-refractivity contribution is 0.199. The molecule has 3 heteroatoms. The summed E-state index contributed by atoms with van der Waals surface area (Å²) in [6, 6.07) is 12.1. The van der Waals surface area contributed by atoms with Gasteiger partial charge in [0, 0.05) is 18.4 Å². The summed E-state index contributed by atoms with van der Waals surface area (Å²) in [6.45, 7) is 6.78. The number of aromatic nitrogens is 1. The van der Waals surface area contributed by atoms with Crippen molar-refractivity contribution >= 4 is 11.5 Å². The number of hydrogen-bond donors (Lipinski definition) is 1. The molecule has 1 N–H and O–H groups in total. The van der Waals surface area contributed by atoms with Crippen LogP contribution in [0.3, 0.4) is 0 Å². The van der Waals surface area contributed by atoms with Crippen molar-refractivity contribution in [1.82, 2.24) is 4.98 Å². The Morgan fingerprint density at radius 1 is 1.26 bits per heavy atom. The molecule has 0 saturated heterocycles. The van der Waals surface area contributed by atoms with E-state index in [1.165, 1.54) is 5.56 Å². The zero-order chi connectivity index (χ0) is 13.8.